The van der Waals surface area contributed by atoms with Gasteiger partial charge in [-0.25, -0.2) is 0 Å². The highest BCUT2D eigenvalue weighted by molar-refractivity contribution is 4.96. The van der Waals surface area contributed by atoms with Crippen molar-refractivity contribution in [2.24, 2.45) is 5.41 Å². The van der Waals surface area contributed by atoms with E-state index in [9.17, 15) is 0 Å². The van der Waals surface area contributed by atoms with Crippen LogP contribution in [0.2, 0.25) is 0 Å². The molecule has 0 heterocycles. The van der Waals surface area contributed by atoms with Crippen molar-refractivity contribution >= 4 is 0 Å². The molecule has 2 aliphatic rings. The average Bonchev–Trinajstić information content (AvgIpc) is 2.82. The van der Waals surface area contributed by atoms with Crippen LogP contribution in [0.5, 0.6) is 0 Å². The van der Waals surface area contributed by atoms with E-state index in [0.717, 1.165) is 6.04 Å². The number of hydrogen-bond donors (Lipinski definition) is 1. The van der Waals surface area contributed by atoms with Crippen LogP contribution in [0, 0.1) is 5.41 Å². The highest BCUT2D eigenvalue weighted by Gasteiger charge is 2.37. The van der Waals surface area contributed by atoms with Crippen LogP contribution in [0.15, 0.2) is 0 Å². The van der Waals surface area contributed by atoms with Crippen LogP contribution in [0.1, 0.15) is 58.8 Å². The molecule has 1 N–H and O–H groups in total. The molecule has 0 spiro atoms. The predicted molar refractivity (Wildman–Crippen MR) is 74.3 cm³/mol. The minimum Gasteiger partial charge on any atom is -0.312 e. The molecule has 2 aliphatic carbocycles. The second kappa shape index (κ2) is 4.89. The van der Waals surface area contributed by atoms with E-state index in [-0.39, 0.29) is 0 Å². The van der Waals surface area contributed by atoms with Gasteiger partial charge in [-0.2, -0.15) is 0 Å². The van der Waals surface area contributed by atoms with Gasteiger partial charge in [0.1, 0.15) is 0 Å². The Bertz CT molecular complexity index is 252. The molecule has 2 rings (SSSR count). The molecule has 1 unspecified atom stereocenters. The zero-order valence-corrected chi connectivity index (χ0v) is 12.2. The monoisotopic (exact) mass is 238 g/mol. The van der Waals surface area contributed by atoms with E-state index >= 15 is 0 Å². The van der Waals surface area contributed by atoms with Crippen molar-refractivity contribution in [3.05, 3.63) is 0 Å². The van der Waals surface area contributed by atoms with E-state index in [1.165, 1.54) is 51.5 Å². The van der Waals surface area contributed by atoms with Gasteiger partial charge in [0.15, 0.2) is 0 Å². The molecule has 0 saturated heterocycles. The Labute approximate surface area is 107 Å². The largest absolute Gasteiger partial charge is 0.312 e. The smallest absolute Gasteiger partial charge is 0.0327 e. The van der Waals surface area contributed by atoms with E-state index in [1.807, 2.05) is 0 Å². The molecule has 2 fully saturated rings. The molecule has 100 valence electrons. The van der Waals surface area contributed by atoms with Crippen LogP contribution in [-0.4, -0.2) is 37.1 Å². The fourth-order valence-electron chi connectivity index (χ4n) is 3.76. The molecule has 0 radical (unpaired) electrons. The summed E-state index contributed by atoms with van der Waals surface area (Å²) in [4.78, 5) is 2.47. The molecule has 0 aromatic rings. The van der Waals surface area contributed by atoms with E-state index < -0.39 is 0 Å². The topological polar surface area (TPSA) is 15.3 Å². The van der Waals surface area contributed by atoms with Gasteiger partial charge in [0.2, 0.25) is 0 Å². The van der Waals surface area contributed by atoms with Gasteiger partial charge < -0.3 is 10.2 Å². The van der Waals surface area contributed by atoms with E-state index in [0.29, 0.717) is 11.0 Å². The fourth-order valence-corrected chi connectivity index (χ4v) is 3.76. The second-order valence-electron chi connectivity index (χ2n) is 7.31. The van der Waals surface area contributed by atoms with Crippen molar-refractivity contribution in [1.82, 2.24) is 10.2 Å². The maximum Gasteiger partial charge on any atom is 0.0327 e. The summed E-state index contributed by atoms with van der Waals surface area (Å²) in [5.41, 5.74) is 1.02. The lowest BCUT2D eigenvalue weighted by molar-refractivity contribution is 0.148. The van der Waals surface area contributed by atoms with Gasteiger partial charge in [0.05, 0.1) is 0 Å². The van der Waals surface area contributed by atoms with Gasteiger partial charge >= 0.3 is 0 Å². The Hall–Kier alpha value is -0.0800. The van der Waals surface area contributed by atoms with Gasteiger partial charge in [-0.1, -0.05) is 26.7 Å². The summed E-state index contributed by atoms with van der Waals surface area (Å²) in [5.74, 6) is 0. The minimum atomic E-state index is 0.451. The highest BCUT2D eigenvalue weighted by atomic mass is 15.2. The summed E-state index contributed by atoms with van der Waals surface area (Å²) >= 11 is 0. The molecule has 0 bridgehead atoms. The standard InChI is InChI=1S/C15H30N2/c1-14(2)10-7-13(11-14)16-12-15(17(3)4)8-5-6-9-15/h13,16H,5-12H2,1-4H3. The number of nitrogens with one attached hydrogen (secondary N) is 1. The first kappa shape index (κ1) is 13.4. The van der Waals surface area contributed by atoms with Crippen molar-refractivity contribution in [2.75, 3.05) is 20.6 Å². The van der Waals surface area contributed by atoms with Crippen molar-refractivity contribution in [1.29, 1.82) is 0 Å². The molecule has 2 nitrogen and oxygen atoms in total. The maximum atomic E-state index is 3.86. The Balaban J connectivity index is 1.84. The summed E-state index contributed by atoms with van der Waals surface area (Å²) in [6.07, 6.45) is 9.70. The van der Waals surface area contributed by atoms with Crippen LogP contribution in [0.25, 0.3) is 0 Å². The highest BCUT2D eigenvalue weighted by Crippen LogP contribution is 2.38. The molecule has 0 aliphatic heterocycles. The van der Waals surface area contributed by atoms with Gasteiger partial charge in [0, 0.05) is 18.1 Å². The van der Waals surface area contributed by atoms with Gasteiger partial charge in [0.25, 0.3) is 0 Å². The van der Waals surface area contributed by atoms with Crippen molar-refractivity contribution in [2.45, 2.75) is 70.4 Å². The Kier molecular flexibility index (Phi) is 3.84. The molecule has 0 aromatic heterocycles. The summed E-state index contributed by atoms with van der Waals surface area (Å²) in [6.45, 7) is 6.01. The molecule has 2 saturated carbocycles. The lowest BCUT2D eigenvalue weighted by atomic mass is 9.91. The van der Waals surface area contributed by atoms with Crippen LogP contribution in [0.4, 0.5) is 0 Å². The Morgan fingerprint density at radius 2 is 1.76 bits per heavy atom. The summed E-state index contributed by atoms with van der Waals surface area (Å²) < 4.78 is 0. The summed E-state index contributed by atoms with van der Waals surface area (Å²) in [7, 11) is 4.51. The zero-order valence-electron chi connectivity index (χ0n) is 12.2. The first-order chi connectivity index (χ1) is 7.94. The van der Waals surface area contributed by atoms with E-state index in [1.54, 1.807) is 0 Å². The number of likely N-dealkylation sites (N-methyl/N-ethyl adjacent to an activating group) is 1. The molecule has 0 amide bonds. The molecular weight excluding hydrogens is 208 g/mol. The van der Waals surface area contributed by atoms with Gasteiger partial charge in [-0.05, 0) is 51.6 Å². The SMILES string of the molecule is CN(C)C1(CNC2CCC(C)(C)C2)CCCC1. The molecule has 1 atom stereocenters. The summed E-state index contributed by atoms with van der Waals surface area (Å²) in [6, 6.07) is 0.766. The predicted octanol–water partition coefficient (Wildman–Crippen LogP) is 3.03. The van der Waals surface area contributed by atoms with Crippen LogP contribution < -0.4 is 5.32 Å². The quantitative estimate of drug-likeness (QED) is 0.810. The van der Waals surface area contributed by atoms with Gasteiger partial charge in [-0.3, -0.25) is 0 Å². The molecular formula is C15H30N2. The fraction of sp³-hybridized carbons (Fsp3) is 1.00. The average molecular weight is 238 g/mol. The number of hydrogen-bond acceptors (Lipinski definition) is 2. The van der Waals surface area contributed by atoms with Crippen LogP contribution in [-0.2, 0) is 0 Å². The minimum absolute atomic E-state index is 0.451. The third-order valence-electron chi connectivity index (χ3n) is 5.17. The zero-order chi connectivity index (χ0) is 12.5. The van der Waals surface area contributed by atoms with E-state index in [4.69, 9.17) is 0 Å². The van der Waals surface area contributed by atoms with E-state index in [2.05, 4.69) is 38.2 Å². The normalized spacial score (nSPS) is 31.2. The second-order valence-corrected chi connectivity index (χ2v) is 7.31. The number of rotatable bonds is 4. The van der Waals surface area contributed by atoms with Gasteiger partial charge in [-0.15, -0.1) is 0 Å². The Morgan fingerprint density at radius 1 is 1.12 bits per heavy atom. The third kappa shape index (κ3) is 3.03. The first-order valence-corrected chi connectivity index (χ1v) is 7.34. The lowest BCUT2D eigenvalue weighted by Gasteiger charge is -2.37. The molecule has 0 aromatic carbocycles. The summed E-state index contributed by atoms with van der Waals surface area (Å²) in [5, 5.41) is 3.86. The Morgan fingerprint density at radius 3 is 2.24 bits per heavy atom. The number of nitrogens with zero attached hydrogens (tertiary/aromatic N) is 1. The van der Waals surface area contributed by atoms with Crippen molar-refractivity contribution < 1.29 is 0 Å². The third-order valence-corrected chi connectivity index (χ3v) is 5.17. The van der Waals surface area contributed by atoms with Crippen molar-refractivity contribution in [3.8, 4) is 0 Å². The van der Waals surface area contributed by atoms with Crippen molar-refractivity contribution in [3.63, 3.8) is 0 Å². The maximum absolute atomic E-state index is 3.86. The molecule has 17 heavy (non-hydrogen) atoms. The molecule has 2 heteroatoms. The van der Waals surface area contributed by atoms with Crippen LogP contribution in [0.3, 0.4) is 0 Å². The van der Waals surface area contributed by atoms with Crippen LogP contribution >= 0.6 is 0 Å². The first-order valence-electron chi connectivity index (χ1n) is 7.34. The lowest BCUT2D eigenvalue weighted by Crippen LogP contribution is -2.51.